The summed E-state index contributed by atoms with van der Waals surface area (Å²) >= 11 is 0. The molecule has 0 fully saturated rings. The summed E-state index contributed by atoms with van der Waals surface area (Å²) in [4.78, 5) is 4.50. The number of hydrogen-bond donors (Lipinski definition) is 2. The van der Waals surface area contributed by atoms with Crippen LogP contribution < -0.4 is 10.6 Å². The Morgan fingerprint density at radius 2 is 1.85 bits per heavy atom. The van der Waals surface area contributed by atoms with Crippen LogP contribution in [0.5, 0.6) is 0 Å². The van der Waals surface area contributed by atoms with Crippen molar-refractivity contribution in [3.8, 4) is 0 Å². The van der Waals surface area contributed by atoms with E-state index in [1.807, 2.05) is 26.8 Å². The van der Waals surface area contributed by atoms with Gasteiger partial charge in [-0.3, -0.25) is 0 Å². The van der Waals surface area contributed by atoms with Crippen molar-refractivity contribution in [3.05, 3.63) is 35.4 Å². The van der Waals surface area contributed by atoms with Crippen LogP contribution in [-0.2, 0) is 22.6 Å². The lowest BCUT2D eigenvalue weighted by Crippen LogP contribution is -2.45. The highest BCUT2D eigenvalue weighted by Gasteiger charge is 2.27. The van der Waals surface area contributed by atoms with Gasteiger partial charge in [-0.15, -0.1) is 0 Å². The van der Waals surface area contributed by atoms with Crippen LogP contribution in [0, 0.1) is 0 Å². The molecular formula is C18H28F3N3O2. The van der Waals surface area contributed by atoms with Gasteiger partial charge in [-0.2, -0.15) is 13.2 Å². The van der Waals surface area contributed by atoms with Crippen LogP contribution in [0.3, 0.4) is 0 Å². The van der Waals surface area contributed by atoms with E-state index in [0.29, 0.717) is 31.2 Å². The molecule has 0 atom stereocenters. The molecule has 0 saturated heterocycles. The number of halogens is 3. The van der Waals surface area contributed by atoms with Gasteiger partial charge in [0.15, 0.2) is 5.96 Å². The van der Waals surface area contributed by atoms with Gasteiger partial charge >= 0.3 is 6.18 Å². The van der Waals surface area contributed by atoms with E-state index in [2.05, 4.69) is 15.6 Å². The fourth-order valence-electron chi connectivity index (χ4n) is 1.98. The van der Waals surface area contributed by atoms with Crippen molar-refractivity contribution in [2.24, 2.45) is 4.99 Å². The molecule has 0 heterocycles. The number of nitrogens with one attached hydrogen (secondary N) is 2. The second-order valence-electron chi connectivity index (χ2n) is 6.44. The zero-order chi connectivity index (χ0) is 19.6. The second-order valence-corrected chi connectivity index (χ2v) is 6.44. The summed E-state index contributed by atoms with van der Waals surface area (Å²) in [6.07, 6.45) is -4.32. The van der Waals surface area contributed by atoms with Crippen molar-refractivity contribution in [3.63, 3.8) is 0 Å². The first-order chi connectivity index (χ1) is 12.1. The fourth-order valence-corrected chi connectivity index (χ4v) is 1.98. The minimum absolute atomic E-state index is 0.0859. The summed E-state index contributed by atoms with van der Waals surface area (Å²) in [5.41, 5.74) is 1.24. The first-order valence-corrected chi connectivity index (χ1v) is 8.45. The van der Waals surface area contributed by atoms with Gasteiger partial charge in [0, 0.05) is 20.2 Å². The third-order valence-electron chi connectivity index (χ3n) is 3.52. The van der Waals surface area contributed by atoms with Crippen molar-refractivity contribution >= 4 is 5.96 Å². The summed E-state index contributed by atoms with van der Waals surface area (Å²) in [6.45, 7) is 6.26. The van der Waals surface area contributed by atoms with E-state index >= 15 is 0 Å². The van der Waals surface area contributed by atoms with Crippen molar-refractivity contribution in [1.29, 1.82) is 0 Å². The lowest BCUT2D eigenvalue weighted by atomic mass is 10.1. The van der Waals surface area contributed by atoms with Crippen LogP contribution in [0.1, 0.15) is 31.9 Å². The molecule has 0 radical (unpaired) electrons. The minimum atomic E-state index is -4.32. The molecule has 1 aromatic carbocycles. The summed E-state index contributed by atoms with van der Waals surface area (Å²) < 4.78 is 46.5. The standard InChI is InChI=1S/C18H28F3N3O2/c1-5-22-16(24-12-17(2,3)25-4)23-10-14-7-6-8-15(9-14)11-26-13-18(19,20)21/h6-9H,5,10-13H2,1-4H3,(H2,22,23,24). The Labute approximate surface area is 153 Å². The minimum Gasteiger partial charge on any atom is -0.377 e. The molecule has 8 heteroatoms. The maximum atomic E-state index is 12.1. The number of methoxy groups -OCH3 is 1. The molecule has 0 aromatic heterocycles. The first-order valence-electron chi connectivity index (χ1n) is 8.45. The van der Waals surface area contributed by atoms with Crippen LogP contribution >= 0.6 is 0 Å². The quantitative estimate of drug-likeness (QED) is 0.514. The molecule has 1 aromatic rings. The molecule has 0 saturated carbocycles. The maximum Gasteiger partial charge on any atom is 0.411 e. The van der Waals surface area contributed by atoms with Crippen molar-refractivity contribution in [2.75, 3.05) is 26.8 Å². The van der Waals surface area contributed by atoms with E-state index in [-0.39, 0.29) is 12.2 Å². The maximum absolute atomic E-state index is 12.1. The van der Waals surface area contributed by atoms with Gasteiger partial charge in [0.05, 0.1) is 18.8 Å². The van der Waals surface area contributed by atoms with Gasteiger partial charge in [-0.25, -0.2) is 4.99 Å². The third-order valence-corrected chi connectivity index (χ3v) is 3.52. The largest absolute Gasteiger partial charge is 0.411 e. The van der Waals surface area contributed by atoms with Gasteiger partial charge in [0.1, 0.15) is 6.61 Å². The van der Waals surface area contributed by atoms with E-state index in [1.165, 1.54) is 0 Å². The SMILES string of the molecule is CCNC(=NCc1cccc(COCC(F)(F)F)c1)NCC(C)(C)OC. The van der Waals surface area contributed by atoms with Gasteiger partial charge in [0.25, 0.3) is 0 Å². The molecule has 5 nitrogen and oxygen atoms in total. The number of benzene rings is 1. The smallest absolute Gasteiger partial charge is 0.377 e. The van der Waals surface area contributed by atoms with Crippen LogP contribution in [-0.4, -0.2) is 44.5 Å². The Morgan fingerprint density at radius 3 is 2.46 bits per heavy atom. The highest BCUT2D eigenvalue weighted by molar-refractivity contribution is 5.79. The molecule has 0 aliphatic heterocycles. The number of rotatable bonds is 9. The molecule has 1 rings (SSSR count). The first kappa shape index (κ1) is 22.2. The summed E-state index contributed by atoms with van der Waals surface area (Å²) in [5, 5.41) is 6.36. The zero-order valence-corrected chi connectivity index (χ0v) is 15.7. The molecule has 26 heavy (non-hydrogen) atoms. The monoisotopic (exact) mass is 375 g/mol. The molecule has 0 amide bonds. The molecule has 0 unspecified atom stereocenters. The zero-order valence-electron chi connectivity index (χ0n) is 15.7. The Balaban J connectivity index is 2.64. The van der Waals surface area contributed by atoms with E-state index in [1.54, 1.807) is 25.3 Å². The summed E-state index contributed by atoms with van der Waals surface area (Å²) in [7, 11) is 1.65. The average molecular weight is 375 g/mol. The molecule has 0 aliphatic rings. The molecule has 0 bridgehead atoms. The van der Waals surface area contributed by atoms with Crippen molar-refractivity contribution in [1.82, 2.24) is 10.6 Å². The van der Waals surface area contributed by atoms with Crippen LogP contribution in [0.25, 0.3) is 0 Å². The van der Waals surface area contributed by atoms with Crippen LogP contribution in [0.2, 0.25) is 0 Å². The number of aliphatic imine (C=N–C) groups is 1. The normalized spacial score (nSPS) is 13.0. The molecular weight excluding hydrogens is 347 g/mol. The fraction of sp³-hybridized carbons (Fsp3) is 0.611. The van der Waals surface area contributed by atoms with E-state index in [4.69, 9.17) is 9.47 Å². The van der Waals surface area contributed by atoms with Crippen LogP contribution in [0.4, 0.5) is 13.2 Å². The number of nitrogens with zero attached hydrogens (tertiary/aromatic N) is 1. The van der Waals surface area contributed by atoms with Gasteiger partial charge < -0.3 is 20.1 Å². The summed E-state index contributed by atoms with van der Waals surface area (Å²) in [5.74, 6) is 0.649. The molecule has 2 N–H and O–H groups in total. The van der Waals surface area contributed by atoms with Crippen molar-refractivity contribution in [2.45, 2.75) is 45.7 Å². The number of alkyl halides is 3. The molecule has 0 aliphatic carbocycles. The van der Waals surface area contributed by atoms with Crippen molar-refractivity contribution < 1.29 is 22.6 Å². The Bertz CT molecular complexity index is 575. The highest BCUT2D eigenvalue weighted by Crippen LogP contribution is 2.16. The van der Waals surface area contributed by atoms with E-state index < -0.39 is 12.8 Å². The van der Waals surface area contributed by atoms with E-state index in [9.17, 15) is 13.2 Å². The number of hydrogen-bond acceptors (Lipinski definition) is 3. The predicted octanol–water partition coefficient (Wildman–Crippen LogP) is 3.25. The highest BCUT2D eigenvalue weighted by atomic mass is 19.4. The second kappa shape index (κ2) is 10.4. The number of guanidine groups is 1. The average Bonchev–Trinajstić information content (AvgIpc) is 2.57. The Kier molecular flexibility index (Phi) is 8.87. The lowest BCUT2D eigenvalue weighted by molar-refractivity contribution is -0.176. The van der Waals surface area contributed by atoms with Crippen LogP contribution in [0.15, 0.2) is 29.3 Å². The van der Waals surface area contributed by atoms with E-state index in [0.717, 1.165) is 5.56 Å². The topological polar surface area (TPSA) is 54.9 Å². The third kappa shape index (κ3) is 9.62. The Morgan fingerprint density at radius 1 is 1.15 bits per heavy atom. The number of ether oxygens (including phenoxy) is 2. The van der Waals surface area contributed by atoms with Gasteiger partial charge in [0.2, 0.25) is 0 Å². The van der Waals surface area contributed by atoms with Gasteiger partial charge in [-0.05, 0) is 31.9 Å². The predicted molar refractivity (Wildman–Crippen MR) is 96.1 cm³/mol. The molecule has 148 valence electrons. The Hall–Kier alpha value is -1.80. The lowest BCUT2D eigenvalue weighted by Gasteiger charge is -2.24. The molecule has 0 spiro atoms. The van der Waals surface area contributed by atoms with Gasteiger partial charge in [-0.1, -0.05) is 24.3 Å². The summed E-state index contributed by atoms with van der Waals surface area (Å²) in [6, 6.07) is 7.18.